The standard InChI is InChI=1S/C31H32N8/c1-4-24(31(32)21-25(22-31)38(2)3)13-8-9-17-33-27-16-20-39-29(26(27)15-14-23-11-6-5-7-12-23)36-37-30(39)28-34-18-10-19-35-28/h4-20,25H,1,21-22,32H2,2-3H3/b9-8+,15-14+,24-13+,33-17?. The van der Waals surface area contributed by atoms with Crippen molar-refractivity contribution in [2.24, 2.45) is 10.7 Å². The summed E-state index contributed by atoms with van der Waals surface area (Å²) >= 11 is 0. The molecule has 1 aliphatic rings. The molecule has 8 nitrogen and oxygen atoms in total. The van der Waals surface area contributed by atoms with Gasteiger partial charge in [-0.15, -0.1) is 10.2 Å². The van der Waals surface area contributed by atoms with Crippen LogP contribution in [-0.2, 0) is 0 Å². The summed E-state index contributed by atoms with van der Waals surface area (Å²) < 4.78 is 1.88. The number of rotatable bonds is 9. The SMILES string of the molecule is C=C/C(=C\C=C\C=Nc1ccn2c(-c3ncccn3)nnc2c1/C=C/c1ccccc1)C1(N)CC(N(C)C)C1. The van der Waals surface area contributed by atoms with E-state index in [1.165, 1.54) is 0 Å². The molecule has 8 heteroatoms. The molecule has 39 heavy (non-hydrogen) atoms. The third-order valence-corrected chi connectivity index (χ3v) is 7.01. The predicted octanol–water partition coefficient (Wildman–Crippen LogP) is 5.15. The number of nitrogens with zero attached hydrogens (tertiary/aromatic N) is 7. The van der Waals surface area contributed by atoms with Crippen molar-refractivity contribution >= 4 is 29.7 Å². The fourth-order valence-corrected chi connectivity index (χ4v) is 4.70. The highest BCUT2D eigenvalue weighted by molar-refractivity contribution is 5.86. The van der Waals surface area contributed by atoms with Gasteiger partial charge in [-0.3, -0.25) is 9.39 Å². The highest BCUT2D eigenvalue weighted by atomic mass is 15.3. The van der Waals surface area contributed by atoms with Crippen LogP contribution in [0.3, 0.4) is 0 Å². The zero-order valence-corrected chi connectivity index (χ0v) is 22.2. The molecule has 3 heterocycles. The Hall–Kier alpha value is -4.53. The van der Waals surface area contributed by atoms with Crippen LogP contribution in [0.15, 0.2) is 103 Å². The summed E-state index contributed by atoms with van der Waals surface area (Å²) in [5.74, 6) is 1.08. The molecule has 0 bridgehead atoms. The van der Waals surface area contributed by atoms with Gasteiger partial charge in [-0.1, -0.05) is 61.2 Å². The Bertz CT molecular complexity index is 1560. The average Bonchev–Trinajstić information content (AvgIpc) is 3.38. The van der Waals surface area contributed by atoms with Crippen molar-refractivity contribution < 1.29 is 0 Å². The van der Waals surface area contributed by atoms with Crippen LogP contribution in [0.1, 0.15) is 24.0 Å². The molecule has 2 N–H and O–H groups in total. The van der Waals surface area contributed by atoms with E-state index < -0.39 is 0 Å². The zero-order chi connectivity index (χ0) is 27.2. The second-order valence-corrected chi connectivity index (χ2v) is 9.82. The van der Waals surface area contributed by atoms with Gasteiger partial charge in [0.15, 0.2) is 11.5 Å². The number of aromatic nitrogens is 5. The maximum atomic E-state index is 6.62. The van der Waals surface area contributed by atoms with Crippen molar-refractivity contribution in [2.75, 3.05) is 14.1 Å². The molecule has 196 valence electrons. The fourth-order valence-electron chi connectivity index (χ4n) is 4.70. The van der Waals surface area contributed by atoms with E-state index in [1.807, 2.05) is 83.5 Å². The van der Waals surface area contributed by atoms with Crippen molar-refractivity contribution in [3.8, 4) is 11.6 Å². The molecule has 0 saturated heterocycles. The van der Waals surface area contributed by atoms with Gasteiger partial charge in [0.2, 0.25) is 5.82 Å². The average molecular weight is 517 g/mol. The number of allylic oxidation sites excluding steroid dienone is 3. The first-order chi connectivity index (χ1) is 19.0. The Morgan fingerprint density at radius 3 is 2.54 bits per heavy atom. The summed E-state index contributed by atoms with van der Waals surface area (Å²) in [5, 5.41) is 8.83. The normalized spacial score (nSPS) is 20.0. The summed E-state index contributed by atoms with van der Waals surface area (Å²) in [6.07, 6.45) is 20.7. The Kier molecular flexibility index (Phi) is 7.67. The van der Waals surface area contributed by atoms with Gasteiger partial charge in [0, 0.05) is 41.9 Å². The lowest BCUT2D eigenvalue weighted by Crippen LogP contribution is -2.59. The molecule has 1 aliphatic carbocycles. The molecule has 0 unspecified atom stereocenters. The smallest absolute Gasteiger partial charge is 0.206 e. The van der Waals surface area contributed by atoms with Crippen LogP contribution in [-0.4, -0.2) is 61.4 Å². The van der Waals surface area contributed by atoms with Crippen LogP contribution in [0.25, 0.3) is 29.4 Å². The van der Waals surface area contributed by atoms with Crippen molar-refractivity contribution in [3.05, 3.63) is 109 Å². The van der Waals surface area contributed by atoms with E-state index in [9.17, 15) is 0 Å². The Morgan fingerprint density at radius 1 is 1.05 bits per heavy atom. The number of aliphatic imine (C=N–C) groups is 1. The molecule has 1 aromatic carbocycles. The molecule has 4 aromatic rings. The Labute approximate surface area is 228 Å². The van der Waals surface area contributed by atoms with Crippen molar-refractivity contribution in [1.82, 2.24) is 29.5 Å². The molecule has 0 aliphatic heterocycles. The van der Waals surface area contributed by atoms with E-state index >= 15 is 0 Å². The quantitative estimate of drug-likeness (QED) is 0.244. The monoisotopic (exact) mass is 516 g/mol. The molecule has 1 saturated carbocycles. The van der Waals surface area contributed by atoms with E-state index in [4.69, 9.17) is 10.7 Å². The number of fused-ring (bicyclic) bond motifs is 1. The highest BCUT2D eigenvalue weighted by Crippen LogP contribution is 2.38. The minimum Gasteiger partial charge on any atom is -0.321 e. The first-order valence-electron chi connectivity index (χ1n) is 12.9. The lowest BCUT2D eigenvalue weighted by molar-refractivity contribution is 0.121. The van der Waals surface area contributed by atoms with Gasteiger partial charge in [-0.25, -0.2) is 9.97 Å². The van der Waals surface area contributed by atoms with Gasteiger partial charge in [0.05, 0.1) is 5.69 Å². The lowest BCUT2D eigenvalue weighted by Gasteiger charge is -2.48. The summed E-state index contributed by atoms with van der Waals surface area (Å²) in [6, 6.07) is 14.3. The van der Waals surface area contributed by atoms with Crippen LogP contribution in [0.2, 0.25) is 0 Å². The lowest BCUT2D eigenvalue weighted by atomic mass is 9.68. The van der Waals surface area contributed by atoms with Crippen LogP contribution >= 0.6 is 0 Å². The number of benzene rings is 1. The van der Waals surface area contributed by atoms with E-state index in [1.54, 1.807) is 24.7 Å². The fraction of sp³-hybridized carbons (Fsp3) is 0.194. The van der Waals surface area contributed by atoms with E-state index in [-0.39, 0.29) is 5.54 Å². The van der Waals surface area contributed by atoms with Crippen molar-refractivity contribution in [2.45, 2.75) is 24.4 Å². The minimum atomic E-state index is -0.327. The molecular formula is C31H32N8. The Morgan fingerprint density at radius 2 is 1.82 bits per heavy atom. The second-order valence-electron chi connectivity index (χ2n) is 9.82. The molecule has 3 aromatic heterocycles. The van der Waals surface area contributed by atoms with Crippen molar-refractivity contribution in [3.63, 3.8) is 0 Å². The maximum Gasteiger partial charge on any atom is 0.206 e. The van der Waals surface area contributed by atoms with Crippen LogP contribution in [0.4, 0.5) is 5.69 Å². The number of pyridine rings is 1. The van der Waals surface area contributed by atoms with Crippen LogP contribution < -0.4 is 5.73 Å². The first kappa shape index (κ1) is 26.1. The van der Waals surface area contributed by atoms with E-state index in [0.717, 1.165) is 35.2 Å². The summed E-state index contributed by atoms with van der Waals surface area (Å²) in [7, 11) is 4.18. The summed E-state index contributed by atoms with van der Waals surface area (Å²) in [5.41, 5.74) is 10.7. The molecule has 0 atom stereocenters. The molecular weight excluding hydrogens is 484 g/mol. The minimum absolute atomic E-state index is 0.327. The number of nitrogens with two attached hydrogens (primary N) is 1. The molecule has 0 spiro atoms. The first-order valence-corrected chi connectivity index (χ1v) is 12.9. The number of hydrogen-bond acceptors (Lipinski definition) is 7. The zero-order valence-electron chi connectivity index (χ0n) is 22.2. The van der Waals surface area contributed by atoms with Gasteiger partial charge in [0.1, 0.15) is 0 Å². The highest BCUT2D eigenvalue weighted by Gasteiger charge is 2.43. The van der Waals surface area contributed by atoms with Crippen molar-refractivity contribution in [1.29, 1.82) is 0 Å². The van der Waals surface area contributed by atoms with Gasteiger partial charge >= 0.3 is 0 Å². The molecule has 5 rings (SSSR count). The maximum absolute atomic E-state index is 6.62. The van der Waals surface area contributed by atoms with Gasteiger partial charge in [0.25, 0.3) is 0 Å². The van der Waals surface area contributed by atoms with Crippen LogP contribution in [0, 0.1) is 0 Å². The summed E-state index contributed by atoms with van der Waals surface area (Å²) in [6.45, 7) is 3.97. The molecule has 0 radical (unpaired) electrons. The Balaban J connectivity index is 1.43. The van der Waals surface area contributed by atoms with Gasteiger partial charge in [-0.2, -0.15) is 0 Å². The van der Waals surface area contributed by atoms with Gasteiger partial charge in [-0.05, 0) is 62.4 Å². The molecule has 0 amide bonds. The second kappa shape index (κ2) is 11.5. The summed E-state index contributed by atoms with van der Waals surface area (Å²) in [4.78, 5) is 15.6. The predicted molar refractivity (Wildman–Crippen MR) is 159 cm³/mol. The number of hydrogen-bond donors (Lipinski definition) is 1. The van der Waals surface area contributed by atoms with E-state index in [2.05, 4.69) is 45.7 Å². The van der Waals surface area contributed by atoms with E-state index in [0.29, 0.717) is 23.3 Å². The van der Waals surface area contributed by atoms with Crippen LogP contribution in [0.5, 0.6) is 0 Å². The largest absolute Gasteiger partial charge is 0.321 e. The molecule has 1 fully saturated rings. The van der Waals surface area contributed by atoms with Gasteiger partial charge < -0.3 is 10.6 Å². The third kappa shape index (κ3) is 5.67. The third-order valence-electron chi connectivity index (χ3n) is 7.01. The topological polar surface area (TPSA) is 97.6 Å².